The van der Waals surface area contributed by atoms with E-state index in [4.69, 9.17) is 15.9 Å². The molecule has 0 amide bonds. The van der Waals surface area contributed by atoms with E-state index in [-0.39, 0.29) is 29.5 Å². The quantitative estimate of drug-likeness (QED) is 0.0670. The maximum absolute atomic E-state index is 11.3. The molecule has 1 heterocycles. The lowest BCUT2D eigenvalue weighted by molar-refractivity contribution is -0.139. The van der Waals surface area contributed by atoms with Crippen molar-refractivity contribution < 1.29 is 47.7 Å². The molecule has 0 aromatic heterocycles. The number of hydrogen-bond acceptors (Lipinski definition) is 10. The number of hydrogen-bond donors (Lipinski definition) is 0. The summed E-state index contributed by atoms with van der Waals surface area (Å²) >= 11 is 0. The molecule has 0 unspecified atom stereocenters. The van der Waals surface area contributed by atoms with Crippen LogP contribution in [0, 0.1) is 36.5 Å². The number of terminal acetylenes is 2. The minimum absolute atomic E-state index is 0.0185. The highest BCUT2D eigenvalue weighted by molar-refractivity contribution is 5.92. The monoisotopic (exact) mass is 898 g/mol. The van der Waals surface area contributed by atoms with Crippen LogP contribution in [-0.2, 0) is 38.2 Å². The van der Waals surface area contributed by atoms with Gasteiger partial charge in [-0.2, -0.15) is 0 Å². The Morgan fingerprint density at radius 1 is 0.712 bits per heavy atom. The first kappa shape index (κ1) is 66.8. The van der Waals surface area contributed by atoms with Crippen LogP contribution < -0.4 is 9.47 Å². The molecule has 3 aromatic rings. The van der Waals surface area contributed by atoms with E-state index >= 15 is 0 Å². The highest BCUT2D eigenvalue weighted by Gasteiger charge is 2.14. The van der Waals surface area contributed by atoms with Crippen LogP contribution in [0.3, 0.4) is 0 Å². The summed E-state index contributed by atoms with van der Waals surface area (Å²) in [5, 5.41) is 0. The third kappa shape index (κ3) is 45.3. The lowest BCUT2D eigenvalue weighted by Crippen LogP contribution is -2.07. The fraction of sp³-hybridized carbons (Fsp3) is 0.214. The van der Waals surface area contributed by atoms with Crippen LogP contribution in [0.15, 0.2) is 172 Å². The van der Waals surface area contributed by atoms with Gasteiger partial charge >= 0.3 is 23.9 Å². The third-order valence-electron chi connectivity index (χ3n) is 6.37. The van der Waals surface area contributed by atoms with E-state index in [1.807, 2.05) is 55.5 Å². The Morgan fingerprint density at radius 3 is 1.32 bits per heavy atom. The van der Waals surface area contributed by atoms with E-state index in [2.05, 4.69) is 85.6 Å². The van der Waals surface area contributed by atoms with Crippen molar-refractivity contribution in [3.8, 4) is 59.2 Å². The van der Waals surface area contributed by atoms with Gasteiger partial charge in [-0.05, 0) is 114 Å². The molecule has 350 valence electrons. The first-order valence-corrected chi connectivity index (χ1v) is 19.7. The fourth-order valence-electron chi connectivity index (χ4n) is 2.97. The number of methoxy groups -OCH3 is 1. The van der Waals surface area contributed by atoms with Gasteiger partial charge in [0.05, 0.1) is 20.1 Å². The van der Waals surface area contributed by atoms with Crippen molar-refractivity contribution in [2.24, 2.45) is 0 Å². The van der Waals surface area contributed by atoms with Crippen molar-refractivity contribution in [1.29, 1.82) is 0 Å². The van der Waals surface area contributed by atoms with Crippen molar-refractivity contribution in [3.05, 3.63) is 172 Å². The van der Waals surface area contributed by atoms with Crippen LogP contribution in [0.1, 0.15) is 68.2 Å². The number of ether oxygens (including phenoxy) is 4. The van der Waals surface area contributed by atoms with Gasteiger partial charge in [0.25, 0.3) is 0 Å². The second-order valence-electron chi connectivity index (χ2n) is 12.5. The Labute approximate surface area is 394 Å². The smallest absolute Gasteiger partial charge is 0.338 e. The second kappa shape index (κ2) is 46.2. The van der Waals surface area contributed by atoms with Gasteiger partial charge in [0.15, 0.2) is 11.6 Å². The molecule has 0 aliphatic carbocycles. The predicted octanol–water partition coefficient (Wildman–Crippen LogP) is 11.6. The summed E-state index contributed by atoms with van der Waals surface area (Å²) in [7, 11) is 1.35. The number of esters is 4. The van der Waals surface area contributed by atoms with Gasteiger partial charge in [-0.25, -0.2) is 14.4 Å². The van der Waals surface area contributed by atoms with Crippen LogP contribution in [0.25, 0.3) is 11.1 Å². The van der Waals surface area contributed by atoms with Gasteiger partial charge < -0.3 is 18.9 Å². The molecule has 0 spiro atoms. The number of cyclic esters (lactones) is 1. The molecule has 1 aliphatic rings. The molecule has 1 fully saturated rings. The Bertz CT molecular complexity index is 2120. The molecule has 3 aromatic carbocycles. The van der Waals surface area contributed by atoms with Gasteiger partial charge in [-0.1, -0.05) is 112 Å². The summed E-state index contributed by atoms with van der Waals surface area (Å²) < 4.78 is 18.9. The zero-order valence-electron chi connectivity index (χ0n) is 40.1. The molecular formula is C56H66O10. The predicted molar refractivity (Wildman–Crippen MR) is 270 cm³/mol. The number of allylic oxidation sites excluding steroid dienone is 3. The van der Waals surface area contributed by atoms with Crippen molar-refractivity contribution in [2.75, 3.05) is 13.7 Å². The van der Waals surface area contributed by atoms with Crippen LogP contribution in [0.4, 0.5) is 0 Å². The second-order valence-corrected chi connectivity index (χ2v) is 12.5. The number of carbonyl (C=O) groups is 6. The molecule has 10 nitrogen and oxygen atoms in total. The molecule has 0 bridgehead atoms. The standard InChI is InChI=1S/C16H14O2.C10H10O2.C5H6O2.C5H8O2.C5H8O.C5H4.C4H6O.C3H6.C3H4/c1-12(2)16(17)18-15-10-8-14(9-11-15)13-6-4-3-5-7-13;1-8(2)10(11)12-9-6-4-3-5-7-9;1-4-2-3-7-5(4)6;1-3-4-5(6)7-2;1-4(2)5(3)6;1-3-5-4-2;1-3-4(2)5;2*1-3-2/h3-11H,1H2,2H3;3-7H,1H2,2H3;1-3H2;3H,1,4H2,2H3;1H2,2-3H3;1H,2H3;3H,1H2,2H3;3H,1H2,2H3;1H,2H3. The van der Waals surface area contributed by atoms with Gasteiger partial charge in [-0.3, -0.25) is 14.4 Å². The highest BCUT2D eigenvalue weighted by atomic mass is 16.5. The van der Waals surface area contributed by atoms with Crippen LogP contribution in [0.5, 0.6) is 11.5 Å². The zero-order valence-corrected chi connectivity index (χ0v) is 40.1. The molecule has 0 saturated carbocycles. The van der Waals surface area contributed by atoms with Gasteiger partial charge in [0.1, 0.15) is 11.5 Å². The van der Waals surface area contributed by atoms with E-state index in [1.54, 1.807) is 77.1 Å². The summed E-state index contributed by atoms with van der Waals surface area (Å²) in [6.07, 6.45) is 14.9. The molecular weight excluding hydrogens is 833 g/mol. The van der Waals surface area contributed by atoms with Crippen molar-refractivity contribution in [3.63, 3.8) is 0 Å². The average molecular weight is 899 g/mol. The van der Waals surface area contributed by atoms with E-state index in [1.165, 1.54) is 33.1 Å². The highest BCUT2D eigenvalue weighted by Crippen LogP contribution is 2.22. The van der Waals surface area contributed by atoms with Gasteiger partial charge in [0, 0.05) is 23.1 Å². The van der Waals surface area contributed by atoms with E-state index < -0.39 is 5.97 Å². The Kier molecular flexibility index (Phi) is 46.8. The zero-order chi connectivity index (χ0) is 51.9. The minimum atomic E-state index is -0.400. The van der Waals surface area contributed by atoms with Gasteiger partial charge in [-0.15, -0.1) is 31.9 Å². The van der Waals surface area contributed by atoms with Crippen LogP contribution in [-0.4, -0.2) is 49.2 Å². The van der Waals surface area contributed by atoms with E-state index in [0.717, 1.165) is 11.1 Å². The largest absolute Gasteiger partial charge is 0.469 e. The summed E-state index contributed by atoms with van der Waals surface area (Å²) in [5.74, 6) is 9.22. The third-order valence-corrected chi connectivity index (χ3v) is 6.37. The molecule has 0 radical (unpaired) electrons. The summed E-state index contributed by atoms with van der Waals surface area (Å²) in [4.78, 5) is 62.4. The Hall–Kier alpha value is -8.26. The van der Waals surface area contributed by atoms with Crippen LogP contribution >= 0.6 is 0 Å². The SMILES string of the molecule is C#CC.C#CC#CC.C=C(C)C(=O)Oc1ccc(-c2ccccc2)cc1.C=C(C)C(=O)Oc1ccccc1.C=C(C)C(C)=O.C=C1CCOC1=O.C=CC.C=CC(C)=O.C=CCC(=O)OC. The van der Waals surface area contributed by atoms with Crippen molar-refractivity contribution in [2.45, 2.75) is 68.2 Å². The molecule has 1 aliphatic heterocycles. The number of Topliss-reactive ketones (excluding diaryl/α,β-unsaturated/α-hetero) is 1. The van der Waals surface area contributed by atoms with E-state index in [0.29, 0.717) is 53.2 Å². The maximum atomic E-state index is 11.3. The van der Waals surface area contributed by atoms with Crippen molar-refractivity contribution >= 4 is 35.4 Å². The Morgan fingerprint density at radius 2 is 1.09 bits per heavy atom. The molecule has 0 N–H and O–H groups in total. The fourth-order valence-corrected chi connectivity index (χ4v) is 2.97. The maximum Gasteiger partial charge on any atom is 0.338 e. The average Bonchev–Trinajstić information content (AvgIpc) is 3.67. The number of carbonyl (C=O) groups excluding carboxylic acids is 6. The van der Waals surface area contributed by atoms with Gasteiger partial charge in [0.2, 0.25) is 0 Å². The minimum Gasteiger partial charge on any atom is -0.469 e. The van der Waals surface area contributed by atoms with E-state index in [9.17, 15) is 28.8 Å². The topological polar surface area (TPSA) is 139 Å². The summed E-state index contributed by atoms with van der Waals surface area (Å²) in [6.45, 7) is 37.5. The number of benzene rings is 3. The molecule has 4 rings (SSSR count). The molecule has 0 atom stereocenters. The first-order valence-electron chi connectivity index (χ1n) is 19.7. The normalized spacial score (nSPS) is 9.02. The van der Waals surface area contributed by atoms with Crippen molar-refractivity contribution in [1.82, 2.24) is 0 Å². The first-order chi connectivity index (χ1) is 31.1. The lowest BCUT2D eigenvalue weighted by atomic mass is 10.1. The summed E-state index contributed by atoms with van der Waals surface area (Å²) in [6, 6.07) is 26.4. The number of para-hydroxylation sites is 1. The molecule has 10 heteroatoms. The Balaban J connectivity index is -0.000000227. The lowest BCUT2D eigenvalue weighted by Gasteiger charge is -2.05. The summed E-state index contributed by atoms with van der Waals surface area (Å²) in [5.41, 5.74) is 4.23. The molecule has 66 heavy (non-hydrogen) atoms. The molecule has 1 saturated heterocycles. The number of rotatable bonds is 9. The van der Waals surface area contributed by atoms with Crippen LogP contribution in [0.2, 0.25) is 0 Å². The number of ketones is 2.